The van der Waals surface area contributed by atoms with E-state index in [1.807, 2.05) is 0 Å². The lowest BCUT2D eigenvalue weighted by Crippen LogP contribution is -2.44. The number of likely N-dealkylation sites (N-methyl/N-ethyl adjacent to an activating group) is 1. The summed E-state index contributed by atoms with van der Waals surface area (Å²) in [6.07, 6.45) is 0.754. The predicted molar refractivity (Wildman–Crippen MR) is 71.7 cm³/mol. The van der Waals surface area contributed by atoms with E-state index in [0.717, 1.165) is 32.6 Å². The van der Waals surface area contributed by atoms with Gasteiger partial charge in [0, 0.05) is 38.5 Å². The van der Waals surface area contributed by atoms with Gasteiger partial charge in [0.1, 0.15) is 0 Å². The van der Waals surface area contributed by atoms with E-state index in [-0.39, 0.29) is 6.61 Å². The maximum Gasteiger partial charge on any atom is 0.0471 e. The van der Waals surface area contributed by atoms with Gasteiger partial charge in [-0.2, -0.15) is 0 Å². The molecule has 1 fully saturated rings. The standard InChI is InChI=1S/C14H22N2O/c1-12-11-13(5-10-17)3-4-14(12)16-8-6-15(2)7-9-16/h3-4,11,17H,5-10H2,1-2H3. The molecule has 0 aliphatic carbocycles. The maximum atomic E-state index is 8.94. The normalized spacial score (nSPS) is 17.5. The Hall–Kier alpha value is -1.06. The van der Waals surface area contributed by atoms with Crippen molar-refractivity contribution in [2.45, 2.75) is 13.3 Å². The molecular formula is C14H22N2O. The van der Waals surface area contributed by atoms with Crippen LogP contribution in [0.25, 0.3) is 0 Å². The summed E-state index contributed by atoms with van der Waals surface area (Å²) in [5.74, 6) is 0. The van der Waals surface area contributed by atoms with Gasteiger partial charge in [0.05, 0.1) is 0 Å². The Kier molecular flexibility index (Phi) is 4.02. The van der Waals surface area contributed by atoms with Crippen molar-refractivity contribution in [2.24, 2.45) is 0 Å². The number of hydrogen-bond acceptors (Lipinski definition) is 3. The Bertz CT molecular complexity index is 370. The molecule has 0 atom stereocenters. The van der Waals surface area contributed by atoms with Crippen LogP contribution < -0.4 is 4.90 Å². The highest BCUT2D eigenvalue weighted by Crippen LogP contribution is 2.22. The Labute approximate surface area is 104 Å². The fourth-order valence-electron chi connectivity index (χ4n) is 2.40. The molecule has 1 aromatic rings. The van der Waals surface area contributed by atoms with Crippen LogP contribution >= 0.6 is 0 Å². The summed E-state index contributed by atoms with van der Waals surface area (Å²) >= 11 is 0. The number of nitrogens with zero attached hydrogens (tertiary/aromatic N) is 2. The molecule has 0 bridgehead atoms. The molecule has 0 spiro atoms. The highest BCUT2D eigenvalue weighted by atomic mass is 16.2. The minimum atomic E-state index is 0.229. The van der Waals surface area contributed by atoms with Crippen molar-refractivity contribution in [3.05, 3.63) is 29.3 Å². The van der Waals surface area contributed by atoms with Crippen LogP contribution in [0.5, 0.6) is 0 Å². The fraction of sp³-hybridized carbons (Fsp3) is 0.571. The highest BCUT2D eigenvalue weighted by molar-refractivity contribution is 5.54. The molecule has 1 N–H and O–H groups in total. The number of aryl methyl sites for hydroxylation is 1. The van der Waals surface area contributed by atoms with Gasteiger partial charge in [-0.1, -0.05) is 12.1 Å². The highest BCUT2D eigenvalue weighted by Gasteiger charge is 2.15. The zero-order chi connectivity index (χ0) is 12.3. The van der Waals surface area contributed by atoms with E-state index >= 15 is 0 Å². The Morgan fingerprint density at radius 1 is 1.18 bits per heavy atom. The molecule has 0 unspecified atom stereocenters. The molecule has 1 heterocycles. The van der Waals surface area contributed by atoms with Crippen LogP contribution in [0, 0.1) is 6.92 Å². The van der Waals surface area contributed by atoms with Crippen molar-refractivity contribution in [2.75, 3.05) is 44.7 Å². The largest absolute Gasteiger partial charge is 0.396 e. The molecule has 0 aromatic heterocycles. The first-order valence-corrected chi connectivity index (χ1v) is 6.34. The van der Waals surface area contributed by atoms with E-state index in [0.29, 0.717) is 0 Å². The molecule has 3 nitrogen and oxygen atoms in total. The summed E-state index contributed by atoms with van der Waals surface area (Å²) in [5, 5.41) is 8.94. The molecule has 3 heteroatoms. The van der Waals surface area contributed by atoms with Crippen molar-refractivity contribution in [3.63, 3.8) is 0 Å². The summed E-state index contributed by atoms with van der Waals surface area (Å²) in [4.78, 5) is 4.82. The Balaban J connectivity index is 2.10. The number of piperazine rings is 1. The summed E-state index contributed by atoms with van der Waals surface area (Å²) in [6, 6.07) is 6.53. The van der Waals surface area contributed by atoms with Gasteiger partial charge in [0.15, 0.2) is 0 Å². The van der Waals surface area contributed by atoms with Gasteiger partial charge in [0.25, 0.3) is 0 Å². The second-order valence-corrected chi connectivity index (χ2v) is 4.88. The zero-order valence-electron chi connectivity index (χ0n) is 10.8. The van der Waals surface area contributed by atoms with Gasteiger partial charge in [-0.15, -0.1) is 0 Å². The average Bonchev–Trinajstić information content (AvgIpc) is 2.31. The molecule has 1 saturated heterocycles. The van der Waals surface area contributed by atoms with E-state index in [9.17, 15) is 0 Å². The third-order valence-electron chi connectivity index (χ3n) is 3.51. The van der Waals surface area contributed by atoms with Crippen molar-refractivity contribution < 1.29 is 5.11 Å². The van der Waals surface area contributed by atoms with Crippen molar-refractivity contribution in [3.8, 4) is 0 Å². The lowest BCUT2D eigenvalue weighted by Gasteiger charge is -2.35. The Morgan fingerprint density at radius 3 is 2.47 bits per heavy atom. The number of aliphatic hydroxyl groups is 1. The maximum absolute atomic E-state index is 8.94. The summed E-state index contributed by atoms with van der Waals surface area (Å²) in [7, 11) is 2.18. The molecule has 0 amide bonds. The number of benzene rings is 1. The molecule has 1 aromatic carbocycles. The number of aliphatic hydroxyl groups excluding tert-OH is 1. The van der Waals surface area contributed by atoms with Gasteiger partial charge in [-0.05, 0) is 37.6 Å². The SMILES string of the molecule is Cc1cc(CCO)ccc1N1CCN(C)CC1. The van der Waals surface area contributed by atoms with Crippen molar-refractivity contribution in [1.29, 1.82) is 0 Å². The van der Waals surface area contributed by atoms with Crippen LogP contribution in [-0.2, 0) is 6.42 Å². The second kappa shape index (κ2) is 5.52. The van der Waals surface area contributed by atoms with Gasteiger partial charge >= 0.3 is 0 Å². The molecule has 0 radical (unpaired) electrons. The second-order valence-electron chi connectivity index (χ2n) is 4.88. The van der Waals surface area contributed by atoms with Gasteiger partial charge in [0.2, 0.25) is 0 Å². The van der Waals surface area contributed by atoms with Crippen LogP contribution in [-0.4, -0.2) is 49.8 Å². The number of hydrogen-bond donors (Lipinski definition) is 1. The van der Waals surface area contributed by atoms with Crippen LogP contribution in [0.1, 0.15) is 11.1 Å². The number of anilines is 1. The summed E-state index contributed by atoms with van der Waals surface area (Å²) in [6.45, 7) is 6.88. The molecule has 1 aliphatic rings. The monoisotopic (exact) mass is 234 g/mol. The lowest BCUT2D eigenvalue weighted by atomic mass is 10.1. The van der Waals surface area contributed by atoms with Crippen LogP contribution in [0.15, 0.2) is 18.2 Å². The molecule has 94 valence electrons. The minimum absolute atomic E-state index is 0.229. The first-order chi connectivity index (χ1) is 8.20. The van der Waals surface area contributed by atoms with E-state index in [2.05, 4.69) is 42.0 Å². The fourth-order valence-corrected chi connectivity index (χ4v) is 2.40. The third kappa shape index (κ3) is 2.99. The lowest BCUT2D eigenvalue weighted by molar-refractivity contribution is 0.299. The van der Waals surface area contributed by atoms with E-state index in [4.69, 9.17) is 5.11 Å². The predicted octanol–water partition coefficient (Wildman–Crippen LogP) is 1.28. The molecule has 0 saturated carbocycles. The smallest absolute Gasteiger partial charge is 0.0471 e. The molecule has 17 heavy (non-hydrogen) atoms. The first-order valence-electron chi connectivity index (χ1n) is 6.34. The summed E-state index contributed by atoms with van der Waals surface area (Å²) < 4.78 is 0. The van der Waals surface area contributed by atoms with Crippen LogP contribution in [0.4, 0.5) is 5.69 Å². The third-order valence-corrected chi connectivity index (χ3v) is 3.51. The molecule has 1 aliphatic heterocycles. The summed E-state index contributed by atoms with van der Waals surface area (Å²) in [5.41, 5.74) is 3.89. The quantitative estimate of drug-likeness (QED) is 0.853. The van der Waals surface area contributed by atoms with Gasteiger partial charge in [-0.25, -0.2) is 0 Å². The van der Waals surface area contributed by atoms with Crippen LogP contribution in [0.3, 0.4) is 0 Å². The average molecular weight is 234 g/mol. The minimum Gasteiger partial charge on any atom is -0.396 e. The van der Waals surface area contributed by atoms with Crippen LogP contribution in [0.2, 0.25) is 0 Å². The van der Waals surface area contributed by atoms with E-state index in [1.165, 1.54) is 16.8 Å². The van der Waals surface area contributed by atoms with Gasteiger partial charge in [-0.3, -0.25) is 0 Å². The molecule has 2 rings (SSSR count). The van der Waals surface area contributed by atoms with Gasteiger partial charge < -0.3 is 14.9 Å². The van der Waals surface area contributed by atoms with Crippen molar-refractivity contribution in [1.82, 2.24) is 4.90 Å². The first kappa shape index (κ1) is 12.4. The van der Waals surface area contributed by atoms with E-state index in [1.54, 1.807) is 0 Å². The van der Waals surface area contributed by atoms with Crippen molar-refractivity contribution >= 4 is 5.69 Å². The Morgan fingerprint density at radius 2 is 1.88 bits per heavy atom. The van der Waals surface area contributed by atoms with E-state index < -0.39 is 0 Å². The topological polar surface area (TPSA) is 26.7 Å². The zero-order valence-corrected chi connectivity index (χ0v) is 10.8. The molecular weight excluding hydrogens is 212 g/mol. The number of rotatable bonds is 3.